The van der Waals surface area contributed by atoms with Gasteiger partial charge in [-0.1, -0.05) is 13.8 Å². The van der Waals surface area contributed by atoms with Crippen LogP contribution in [0.25, 0.3) is 0 Å². The lowest BCUT2D eigenvalue weighted by Gasteiger charge is -2.18. The minimum atomic E-state index is -0.455. The number of hydrogen-bond acceptors (Lipinski definition) is 3. The summed E-state index contributed by atoms with van der Waals surface area (Å²) in [6, 6.07) is 3.49. The molecule has 2 N–H and O–H groups in total. The SMILES string of the molecule is C#CCCCO[C@H]1C([n+]2cccc(C(N)=O)c2)O[C@H](CC)[C@H]1C.[Br-]. The molecule has 1 aliphatic rings. The first-order valence-electron chi connectivity index (χ1n) is 8.09. The predicted molar refractivity (Wildman–Crippen MR) is 86.3 cm³/mol. The van der Waals surface area contributed by atoms with Gasteiger partial charge in [-0.05, 0) is 18.9 Å². The molecule has 1 fully saturated rings. The highest BCUT2D eigenvalue weighted by Gasteiger charge is 2.47. The Balaban J connectivity index is 0.00000288. The molecule has 2 heterocycles. The van der Waals surface area contributed by atoms with Crippen molar-refractivity contribution in [1.29, 1.82) is 0 Å². The van der Waals surface area contributed by atoms with Gasteiger partial charge < -0.3 is 32.2 Å². The molecule has 1 aromatic rings. The summed E-state index contributed by atoms with van der Waals surface area (Å²) >= 11 is 0. The van der Waals surface area contributed by atoms with Crippen molar-refractivity contribution in [2.75, 3.05) is 6.61 Å². The van der Waals surface area contributed by atoms with Crippen molar-refractivity contribution in [3.05, 3.63) is 30.1 Å². The summed E-state index contributed by atoms with van der Waals surface area (Å²) in [7, 11) is 0. The smallest absolute Gasteiger partial charge is 0.289 e. The Kier molecular flexibility index (Phi) is 8.40. The van der Waals surface area contributed by atoms with Gasteiger partial charge in [0.05, 0.1) is 6.10 Å². The van der Waals surface area contributed by atoms with E-state index < -0.39 is 5.91 Å². The van der Waals surface area contributed by atoms with E-state index in [9.17, 15) is 4.79 Å². The summed E-state index contributed by atoms with van der Waals surface area (Å²) in [6.45, 7) is 4.84. The van der Waals surface area contributed by atoms with E-state index in [1.165, 1.54) is 0 Å². The van der Waals surface area contributed by atoms with Gasteiger partial charge in [-0.3, -0.25) is 4.79 Å². The fourth-order valence-electron chi connectivity index (χ4n) is 2.98. The molecule has 1 amide bonds. The number of pyridine rings is 1. The van der Waals surface area contributed by atoms with Crippen molar-refractivity contribution in [1.82, 2.24) is 0 Å². The molecule has 5 nitrogen and oxygen atoms in total. The minimum absolute atomic E-state index is 0. The summed E-state index contributed by atoms with van der Waals surface area (Å²) in [4.78, 5) is 11.4. The largest absolute Gasteiger partial charge is 1.00 e. The predicted octanol–water partition coefficient (Wildman–Crippen LogP) is -1.18. The monoisotopic (exact) mass is 396 g/mol. The fraction of sp³-hybridized carbons (Fsp3) is 0.556. The number of hydrogen-bond donors (Lipinski definition) is 1. The number of nitrogens with zero attached hydrogens (tertiary/aromatic N) is 1. The lowest BCUT2D eigenvalue weighted by molar-refractivity contribution is -0.766. The van der Waals surface area contributed by atoms with Crippen molar-refractivity contribution < 1.29 is 35.8 Å². The van der Waals surface area contributed by atoms with Crippen molar-refractivity contribution in [2.45, 2.75) is 51.5 Å². The number of ether oxygens (including phenoxy) is 2. The Bertz CT molecular complexity index is 588. The van der Waals surface area contributed by atoms with Crippen LogP contribution in [-0.4, -0.2) is 24.7 Å². The second-order valence-electron chi connectivity index (χ2n) is 5.88. The number of rotatable bonds is 7. The number of unbranched alkanes of at least 4 members (excludes halogenated alkanes) is 1. The molecular formula is C18H25BrN2O3. The molecule has 0 saturated carbocycles. The number of halogens is 1. The number of primary amides is 1. The van der Waals surface area contributed by atoms with E-state index in [0.717, 1.165) is 12.8 Å². The molecule has 1 unspecified atom stereocenters. The molecule has 0 spiro atoms. The van der Waals surface area contributed by atoms with Crippen LogP contribution in [0.2, 0.25) is 0 Å². The lowest BCUT2D eigenvalue weighted by atomic mass is 9.98. The average Bonchev–Trinajstić information content (AvgIpc) is 2.88. The van der Waals surface area contributed by atoms with Gasteiger partial charge in [0, 0.05) is 25.0 Å². The molecule has 4 atom stereocenters. The average molecular weight is 397 g/mol. The van der Waals surface area contributed by atoms with Crippen LogP contribution in [-0.2, 0) is 9.47 Å². The highest BCUT2D eigenvalue weighted by molar-refractivity contribution is 5.92. The normalized spacial score (nSPS) is 25.7. The lowest BCUT2D eigenvalue weighted by Crippen LogP contribution is -3.00. The van der Waals surface area contributed by atoms with E-state index in [1.54, 1.807) is 18.3 Å². The maximum absolute atomic E-state index is 11.4. The van der Waals surface area contributed by atoms with Gasteiger partial charge in [0.15, 0.2) is 18.5 Å². The van der Waals surface area contributed by atoms with E-state index in [4.69, 9.17) is 21.6 Å². The van der Waals surface area contributed by atoms with Crippen molar-refractivity contribution in [3.8, 4) is 12.3 Å². The second-order valence-corrected chi connectivity index (χ2v) is 5.88. The molecule has 2 rings (SSSR count). The zero-order valence-electron chi connectivity index (χ0n) is 14.2. The van der Waals surface area contributed by atoms with Crippen LogP contribution in [0, 0.1) is 18.3 Å². The maximum atomic E-state index is 11.4. The summed E-state index contributed by atoms with van der Waals surface area (Å²) in [5.74, 6) is 2.43. The van der Waals surface area contributed by atoms with Crippen LogP contribution < -0.4 is 27.3 Å². The standard InChI is InChI=1S/C18H24N2O3.BrH/c1-4-6-7-11-22-16-13(3)15(5-2)23-18(16)20-10-8-9-14(12-20)17(19)21;/h1,8-10,12-13,15-16,18H,5-7,11H2,2-3H3,(H-,19,21);1H/t13-,15-,16-,18?;/m1./s1. The first-order chi connectivity index (χ1) is 11.1. The van der Waals surface area contributed by atoms with Gasteiger partial charge in [0.1, 0.15) is 5.56 Å². The minimum Gasteiger partial charge on any atom is -1.00 e. The van der Waals surface area contributed by atoms with Gasteiger partial charge >= 0.3 is 0 Å². The number of nitrogens with two attached hydrogens (primary N) is 1. The zero-order chi connectivity index (χ0) is 16.8. The quantitative estimate of drug-likeness (QED) is 0.358. The number of carbonyl (C=O) groups is 1. The van der Waals surface area contributed by atoms with Crippen LogP contribution in [0.15, 0.2) is 24.5 Å². The van der Waals surface area contributed by atoms with Crippen molar-refractivity contribution >= 4 is 5.91 Å². The van der Waals surface area contributed by atoms with Gasteiger partial charge in [-0.25, -0.2) is 0 Å². The third kappa shape index (κ3) is 4.79. The molecule has 24 heavy (non-hydrogen) atoms. The molecular weight excluding hydrogens is 372 g/mol. The van der Waals surface area contributed by atoms with Gasteiger partial charge in [-0.2, -0.15) is 4.57 Å². The summed E-state index contributed by atoms with van der Waals surface area (Å²) in [5, 5.41) is 0. The summed E-state index contributed by atoms with van der Waals surface area (Å²) in [6.07, 6.45) is 11.1. The Hall–Kier alpha value is -1.42. The first-order valence-corrected chi connectivity index (χ1v) is 8.09. The molecule has 0 radical (unpaired) electrons. The van der Waals surface area contributed by atoms with Crippen molar-refractivity contribution in [3.63, 3.8) is 0 Å². The number of amides is 1. The molecule has 1 aliphatic heterocycles. The second kappa shape index (κ2) is 9.77. The van der Waals surface area contributed by atoms with E-state index in [1.807, 2.05) is 10.8 Å². The summed E-state index contributed by atoms with van der Waals surface area (Å²) in [5.41, 5.74) is 5.82. The number of carbonyl (C=O) groups excluding carboxylic acids is 1. The third-order valence-corrected chi connectivity index (χ3v) is 4.28. The van der Waals surface area contributed by atoms with Gasteiger partial charge in [0.2, 0.25) is 0 Å². The van der Waals surface area contributed by atoms with Crippen LogP contribution >= 0.6 is 0 Å². The van der Waals surface area contributed by atoms with E-state index in [0.29, 0.717) is 18.6 Å². The van der Waals surface area contributed by atoms with E-state index >= 15 is 0 Å². The molecule has 0 aliphatic carbocycles. The molecule has 0 bridgehead atoms. The Labute approximate surface area is 154 Å². The fourth-order valence-corrected chi connectivity index (χ4v) is 2.98. The molecule has 1 aromatic heterocycles. The highest BCUT2D eigenvalue weighted by Crippen LogP contribution is 2.34. The van der Waals surface area contributed by atoms with Crippen LogP contribution in [0.1, 0.15) is 49.7 Å². The number of terminal acetylenes is 1. The van der Waals surface area contributed by atoms with Crippen molar-refractivity contribution in [2.24, 2.45) is 11.7 Å². The van der Waals surface area contributed by atoms with E-state index in [2.05, 4.69) is 19.8 Å². The number of aromatic nitrogens is 1. The highest BCUT2D eigenvalue weighted by atomic mass is 79.9. The van der Waals surface area contributed by atoms with Crippen LogP contribution in [0.3, 0.4) is 0 Å². The Morgan fingerprint density at radius 3 is 2.92 bits per heavy atom. The topological polar surface area (TPSA) is 65.4 Å². The Morgan fingerprint density at radius 1 is 1.54 bits per heavy atom. The van der Waals surface area contributed by atoms with Crippen LogP contribution in [0.4, 0.5) is 0 Å². The molecule has 132 valence electrons. The maximum Gasteiger partial charge on any atom is 0.289 e. The molecule has 1 saturated heterocycles. The van der Waals surface area contributed by atoms with Gasteiger partial charge in [-0.15, -0.1) is 12.3 Å². The van der Waals surface area contributed by atoms with Crippen LogP contribution in [0.5, 0.6) is 0 Å². The zero-order valence-corrected chi connectivity index (χ0v) is 15.7. The van der Waals surface area contributed by atoms with E-state index in [-0.39, 0.29) is 41.3 Å². The van der Waals surface area contributed by atoms with Gasteiger partial charge in [0.25, 0.3) is 12.1 Å². The first kappa shape index (κ1) is 20.6. The third-order valence-electron chi connectivity index (χ3n) is 4.28. The Morgan fingerprint density at radius 2 is 2.29 bits per heavy atom. The summed E-state index contributed by atoms with van der Waals surface area (Å²) < 4.78 is 14.1. The molecule has 0 aromatic carbocycles. The molecule has 6 heteroatoms.